The molecule has 5 nitrogen and oxygen atoms in total. The van der Waals surface area contributed by atoms with E-state index in [1.165, 1.54) is 0 Å². The molecular formula is C14H25NO4. The first-order valence-electron chi connectivity index (χ1n) is 6.97. The van der Waals surface area contributed by atoms with Crippen molar-refractivity contribution in [1.82, 2.24) is 5.32 Å². The molecule has 19 heavy (non-hydrogen) atoms. The second-order valence-corrected chi connectivity index (χ2v) is 6.30. The minimum absolute atomic E-state index is 0.163. The van der Waals surface area contributed by atoms with Crippen molar-refractivity contribution in [2.24, 2.45) is 5.92 Å². The molecule has 0 radical (unpaired) electrons. The molecule has 0 saturated heterocycles. The number of carboxylic acids is 1. The number of nitrogens with one attached hydrogen (secondary N) is 1. The number of carbonyl (C=O) groups is 2. The predicted molar refractivity (Wildman–Crippen MR) is 72.0 cm³/mol. The van der Waals surface area contributed by atoms with E-state index in [4.69, 9.17) is 9.84 Å². The topological polar surface area (TPSA) is 75.6 Å². The summed E-state index contributed by atoms with van der Waals surface area (Å²) in [5, 5.41) is 11.5. The van der Waals surface area contributed by atoms with Gasteiger partial charge in [0.1, 0.15) is 5.60 Å². The van der Waals surface area contributed by atoms with Gasteiger partial charge in [-0.1, -0.05) is 0 Å². The molecular weight excluding hydrogens is 246 g/mol. The van der Waals surface area contributed by atoms with Crippen molar-refractivity contribution in [2.45, 2.75) is 70.9 Å². The first kappa shape index (κ1) is 15.8. The molecule has 1 saturated carbocycles. The summed E-state index contributed by atoms with van der Waals surface area (Å²) in [6.45, 7) is 5.53. The van der Waals surface area contributed by atoms with Crippen LogP contribution in [-0.2, 0) is 9.53 Å². The number of hydrogen-bond acceptors (Lipinski definition) is 3. The Labute approximate surface area is 114 Å². The van der Waals surface area contributed by atoms with Gasteiger partial charge in [-0.15, -0.1) is 0 Å². The van der Waals surface area contributed by atoms with Gasteiger partial charge in [0.05, 0.1) is 0 Å². The number of aliphatic carboxylic acids is 1. The van der Waals surface area contributed by atoms with E-state index in [1.807, 2.05) is 20.8 Å². The summed E-state index contributed by atoms with van der Waals surface area (Å²) in [6.07, 6.45) is 4.40. The second kappa shape index (κ2) is 6.78. The molecule has 1 amide bonds. The molecule has 0 aromatic heterocycles. The number of carbonyl (C=O) groups excluding carboxylic acids is 1. The molecule has 0 aromatic carbocycles. The molecule has 0 spiro atoms. The van der Waals surface area contributed by atoms with Crippen molar-refractivity contribution >= 4 is 12.1 Å². The minimum atomic E-state index is -0.728. The number of rotatable bonds is 4. The highest BCUT2D eigenvalue weighted by Gasteiger charge is 2.24. The summed E-state index contributed by atoms with van der Waals surface area (Å²) in [6, 6.07) is 0.163. The molecule has 1 aliphatic rings. The molecule has 5 heteroatoms. The van der Waals surface area contributed by atoms with Gasteiger partial charge in [0, 0.05) is 12.5 Å². The van der Waals surface area contributed by atoms with Crippen molar-refractivity contribution in [1.29, 1.82) is 0 Å². The van der Waals surface area contributed by atoms with Gasteiger partial charge >= 0.3 is 12.1 Å². The van der Waals surface area contributed by atoms with Crippen LogP contribution in [0.2, 0.25) is 0 Å². The molecule has 0 atom stereocenters. The lowest BCUT2D eigenvalue weighted by Gasteiger charge is -2.29. The van der Waals surface area contributed by atoms with Crippen LogP contribution in [0.25, 0.3) is 0 Å². The molecule has 0 bridgehead atoms. The molecule has 1 rings (SSSR count). The third-order valence-corrected chi connectivity index (χ3v) is 3.33. The monoisotopic (exact) mass is 271 g/mol. The average Bonchev–Trinajstić information content (AvgIpc) is 2.25. The summed E-state index contributed by atoms with van der Waals surface area (Å²) in [4.78, 5) is 22.1. The Balaban J connectivity index is 2.23. The van der Waals surface area contributed by atoms with Gasteiger partial charge in [-0.25, -0.2) is 4.79 Å². The number of hydrogen-bond donors (Lipinski definition) is 2. The van der Waals surface area contributed by atoms with Crippen LogP contribution in [0.3, 0.4) is 0 Å². The molecule has 1 aliphatic carbocycles. The number of carboxylic acid groups (broad SMARTS) is 1. The molecule has 0 aromatic rings. The maximum absolute atomic E-state index is 11.6. The first-order chi connectivity index (χ1) is 8.76. The molecule has 110 valence electrons. The highest BCUT2D eigenvalue weighted by Crippen LogP contribution is 2.28. The zero-order valence-corrected chi connectivity index (χ0v) is 12.1. The third kappa shape index (κ3) is 7.03. The summed E-state index contributed by atoms with van der Waals surface area (Å²) in [7, 11) is 0. The van der Waals surface area contributed by atoms with Crippen LogP contribution < -0.4 is 5.32 Å². The standard InChI is InChI=1S/C14H25NO4/c1-14(2,3)19-13(18)15-11-7-4-10(5-8-11)6-9-12(16)17/h10-11H,4-9H2,1-3H3,(H,15,18)(H,16,17)/t10-,11-. The second-order valence-electron chi connectivity index (χ2n) is 6.30. The number of alkyl carbamates (subject to hydrolysis) is 1. The van der Waals surface area contributed by atoms with Crippen molar-refractivity contribution in [3.05, 3.63) is 0 Å². The fraction of sp³-hybridized carbons (Fsp3) is 0.857. The molecule has 1 fully saturated rings. The fourth-order valence-electron chi connectivity index (χ4n) is 2.40. The highest BCUT2D eigenvalue weighted by molar-refractivity contribution is 5.68. The Bertz CT molecular complexity index is 314. The van der Waals surface area contributed by atoms with Gasteiger partial charge in [-0.3, -0.25) is 4.79 Å². The smallest absolute Gasteiger partial charge is 0.407 e. The largest absolute Gasteiger partial charge is 0.481 e. The number of amides is 1. The third-order valence-electron chi connectivity index (χ3n) is 3.33. The first-order valence-corrected chi connectivity index (χ1v) is 6.97. The van der Waals surface area contributed by atoms with Crippen LogP contribution in [0, 0.1) is 5.92 Å². The van der Waals surface area contributed by atoms with Gasteiger partial charge < -0.3 is 15.2 Å². The van der Waals surface area contributed by atoms with Gasteiger partial charge in [0.15, 0.2) is 0 Å². The van der Waals surface area contributed by atoms with Gasteiger partial charge in [-0.2, -0.15) is 0 Å². The summed E-state index contributed by atoms with van der Waals surface area (Å²) >= 11 is 0. The Kier molecular flexibility index (Phi) is 5.63. The maximum atomic E-state index is 11.6. The normalized spacial score (nSPS) is 23.7. The minimum Gasteiger partial charge on any atom is -0.481 e. The van der Waals surface area contributed by atoms with Crippen molar-refractivity contribution in [2.75, 3.05) is 0 Å². The SMILES string of the molecule is CC(C)(C)OC(=O)N[C@H]1CC[C@H](CCC(=O)O)CC1. The van der Waals surface area contributed by atoms with E-state index >= 15 is 0 Å². The Morgan fingerprint density at radius 1 is 1.21 bits per heavy atom. The lowest BCUT2D eigenvalue weighted by atomic mass is 9.83. The Hall–Kier alpha value is -1.26. The van der Waals surface area contributed by atoms with Crippen LogP contribution >= 0.6 is 0 Å². The van der Waals surface area contributed by atoms with E-state index in [2.05, 4.69) is 5.32 Å². The predicted octanol–water partition coefficient (Wildman–Crippen LogP) is 2.93. The van der Waals surface area contributed by atoms with Gasteiger partial charge in [0.25, 0.3) is 0 Å². The zero-order chi connectivity index (χ0) is 14.5. The maximum Gasteiger partial charge on any atom is 0.407 e. The summed E-state index contributed by atoms with van der Waals surface area (Å²) in [5.74, 6) is -0.248. The lowest BCUT2D eigenvalue weighted by molar-refractivity contribution is -0.137. The van der Waals surface area contributed by atoms with E-state index in [9.17, 15) is 9.59 Å². The van der Waals surface area contributed by atoms with Crippen LogP contribution in [0.4, 0.5) is 4.79 Å². The van der Waals surface area contributed by atoms with Gasteiger partial charge in [0.2, 0.25) is 0 Å². The van der Waals surface area contributed by atoms with E-state index in [1.54, 1.807) is 0 Å². The summed E-state index contributed by atoms with van der Waals surface area (Å²) in [5.41, 5.74) is -0.469. The van der Waals surface area contributed by atoms with Crippen molar-refractivity contribution in [3.8, 4) is 0 Å². The highest BCUT2D eigenvalue weighted by atomic mass is 16.6. The Morgan fingerprint density at radius 3 is 2.26 bits per heavy atom. The average molecular weight is 271 g/mol. The lowest BCUT2D eigenvalue weighted by Crippen LogP contribution is -2.40. The molecule has 0 heterocycles. The van der Waals surface area contributed by atoms with Crippen molar-refractivity contribution in [3.63, 3.8) is 0 Å². The van der Waals surface area contributed by atoms with E-state index in [0.717, 1.165) is 32.1 Å². The molecule has 0 unspecified atom stereocenters. The molecule has 2 N–H and O–H groups in total. The van der Waals surface area contributed by atoms with Crippen LogP contribution in [0.5, 0.6) is 0 Å². The molecule has 0 aliphatic heterocycles. The summed E-state index contributed by atoms with van der Waals surface area (Å²) < 4.78 is 5.22. The zero-order valence-electron chi connectivity index (χ0n) is 12.1. The van der Waals surface area contributed by atoms with Gasteiger partial charge in [-0.05, 0) is 58.8 Å². The Morgan fingerprint density at radius 2 is 1.79 bits per heavy atom. The van der Waals surface area contributed by atoms with E-state index in [0.29, 0.717) is 5.92 Å². The van der Waals surface area contributed by atoms with Crippen molar-refractivity contribution < 1.29 is 19.4 Å². The number of ether oxygens (including phenoxy) is 1. The fourth-order valence-corrected chi connectivity index (χ4v) is 2.40. The quantitative estimate of drug-likeness (QED) is 0.824. The van der Waals surface area contributed by atoms with Crippen LogP contribution in [0.1, 0.15) is 59.3 Å². The van der Waals surface area contributed by atoms with E-state index < -0.39 is 11.6 Å². The van der Waals surface area contributed by atoms with Crippen LogP contribution in [0.15, 0.2) is 0 Å². The van der Waals surface area contributed by atoms with E-state index in [-0.39, 0.29) is 18.6 Å². The van der Waals surface area contributed by atoms with Crippen LogP contribution in [-0.4, -0.2) is 28.8 Å².